The number of carbonyl (C=O) groups is 1. The van der Waals surface area contributed by atoms with Crippen LogP contribution in [-0.4, -0.2) is 33.7 Å². The molecule has 7 heteroatoms. The van der Waals surface area contributed by atoms with E-state index in [-0.39, 0.29) is 13.0 Å². The van der Waals surface area contributed by atoms with E-state index in [2.05, 4.69) is 4.52 Å². The fraction of sp³-hybridized carbons (Fsp3) is 0.800. The molecule has 2 N–H and O–H groups in total. The maximum Gasteiger partial charge on any atom is 0.695 e. The predicted molar refractivity (Wildman–Crippen MR) is 37.4 cm³/mol. The van der Waals surface area contributed by atoms with E-state index in [4.69, 9.17) is 10.1 Å². The molecule has 12 heavy (non-hydrogen) atoms. The van der Waals surface area contributed by atoms with Gasteiger partial charge in [-0.25, -0.2) is 5.06 Å². The third-order valence-corrected chi connectivity index (χ3v) is 2.07. The first-order valence-corrected chi connectivity index (χ1v) is 4.55. The van der Waals surface area contributed by atoms with Gasteiger partial charge >= 0.3 is 8.25 Å². The Hall–Kier alpha value is -0.550. The average molecular weight is 194 g/mol. The van der Waals surface area contributed by atoms with Crippen LogP contribution in [-0.2, 0) is 13.9 Å². The molecule has 2 unspecified atom stereocenters. The molecule has 1 heterocycles. The third-order valence-electron chi connectivity index (χ3n) is 1.59. The topological polar surface area (TPSA) is 87.1 Å². The lowest BCUT2D eigenvalue weighted by molar-refractivity contribution is -0.174. The van der Waals surface area contributed by atoms with Crippen molar-refractivity contribution in [3.63, 3.8) is 0 Å². The maximum absolute atomic E-state index is 10.8. The van der Waals surface area contributed by atoms with Crippen LogP contribution in [0.15, 0.2) is 0 Å². The van der Waals surface area contributed by atoms with Gasteiger partial charge in [-0.15, -0.1) is 9.42 Å². The van der Waals surface area contributed by atoms with Crippen LogP contribution in [0, 0.1) is 0 Å². The van der Waals surface area contributed by atoms with Crippen LogP contribution in [0.3, 0.4) is 0 Å². The number of hydroxylamine groups is 2. The minimum absolute atomic E-state index is 0.0435. The standard InChI is InChI=1S/C5H8NO5P/c7-5-3-4(11-12(9)10)1-2-6(5)8/h4,8H,1-3H2/p+1. The fourth-order valence-corrected chi connectivity index (χ4v) is 1.45. The second-order valence-corrected chi connectivity index (χ2v) is 3.16. The summed E-state index contributed by atoms with van der Waals surface area (Å²) in [5, 5.41) is 9.41. The van der Waals surface area contributed by atoms with Crippen LogP contribution >= 0.6 is 8.25 Å². The number of hydrogen-bond donors (Lipinski definition) is 2. The third kappa shape index (κ3) is 2.49. The molecule has 0 saturated carbocycles. The minimum atomic E-state index is -2.66. The maximum atomic E-state index is 10.8. The van der Waals surface area contributed by atoms with Gasteiger partial charge in [0.1, 0.15) is 6.10 Å². The second-order valence-electron chi connectivity index (χ2n) is 2.47. The summed E-state index contributed by atoms with van der Waals surface area (Å²) in [6, 6.07) is 0. The van der Waals surface area contributed by atoms with Crippen LogP contribution in [0.1, 0.15) is 12.8 Å². The molecule has 0 aromatic rings. The highest BCUT2D eigenvalue weighted by Crippen LogP contribution is 2.24. The highest BCUT2D eigenvalue weighted by atomic mass is 31.1. The summed E-state index contributed by atoms with van der Waals surface area (Å²) in [6.45, 7) is 0.146. The molecule has 0 aromatic heterocycles. The Kier molecular flexibility index (Phi) is 3.11. The van der Waals surface area contributed by atoms with Crippen molar-refractivity contribution in [2.24, 2.45) is 0 Å². The van der Waals surface area contributed by atoms with Gasteiger partial charge in [0.15, 0.2) is 0 Å². The molecule has 6 nitrogen and oxygen atoms in total. The van der Waals surface area contributed by atoms with Gasteiger partial charge < -0.3 is 0 Å². The molecule has 1 saturated heterocycles. The van der Waals surface area contributed by atoms with Crippen molar-refractivity contribution < 1.29 is 24.0 Å². The van der Waals surface area contributed by atoms with Crippen molar-refractivity contribution in [3.05, 3.63) is 0 Å². The number of nitrogens with zero attached hydrogens (tertiary/aromatic N) is 1. The molecular weight excluding hydrogens is 185 g/mol. The summed E-state index contributed by atoms with van der Waals surface area (Å²) in [5.41, 5.74) is 0. The average Bonchev–Trinajstić information content (AvgIpc) is 1.96. The van der Waals surface area contributed by atoms with Crippen LogP contribution in [0.2, 0.25) is 0 Å². The molecule has 0 bridgehead atoms. The van der Waals surface area contributed by atoms with Gasteiger partial charge in [0.25, 0.3) is 0 Å². The summed E-state index contributed by atoms with van der Waals surface area (Å²) in [7, 11) is -2.66. The molecule has 0 spiro atoms. The molecule has 0 aliphatic carbocycles. The van der Waals surface area contributed by atoms with Crippen molar-refractivity contribution in [1.82, 2.24) is 5.06 Å². The Labute approximate surface area is 69.6 Å². The second kappa shape index (κ2) is 3.91. The SMILES string of the molecule is O=C1CC(O[P+](=O)O)CCN1O. The van der Waals surface area contributed by atoms with Gasteiger partial charge in [-0.05, 0) is 6.42 Å². The summed E-state index contributed by atoms with van der Waals surface area (Å²) < 4.78 is 14.7. The van der Waals surface area contributed by atoms with Crippen LogP contribution in [0.25, 0.3) is 0 Å². The normalized spacial score (nSPS) is 25.8. The lowest BCUT2D eigenvalue weighted by atomic mass is 10.1. The summed E-state index contributed by atoms with van der Waals surface area (Å²) >= 11 is 0. The quantitative estimate of drug-likeness (QED) is 0.478. The summed E-state index contributed by atoms with van der Waals surface area (Å²) in [6.07, 6.45) is -0.211. The number of carbonyl (C=O) groups excluding carboxylic acids is 1. The van der Waals surface area contributed by atoms with Gasteiger partial charge in [0, 0.05) is 4.57 Å². The molecule has 68 valence electrons. The molecular formula is C5H9NO5P+. The Morgan fingerprint density at radius 3 is 2.83 bits per heavy atom. The highest BCUT2D eigenvalue weighted by molar-refractivity contribution is 7.32. The number of rotatable bonds is 2. The first kappa shape index (κ1) is 9.54. The molecule has 1 aliphatic heterocycles. The lowest BCUT2D eigenvalue weighted by Gasteiger charge is -2.22. The van der Waals surface area contributed by atoms with Crippen LogP contribution in [0.4, 0.5) is 0 Å². The molecule has 1 rings (SSSR count). The van der Waals surface area contributed by atoms with E-state index in [1.165, 1.54) is 0 Å². The summed E-state index contributed by atoms with van der Waals surface area (Å²) in [5.74, 6) is -0.483. The fourth-order valence-electron chi connectivity index (χ4n) is 1.01. The van der Waals surface area contributed by atoms with Crippen molar-refractivity contribution in [3.8, 4) is 0 Å². The first-order valence-electron chi connectivity index (χ1n) is 3.41. The Morgan fingerprint density at radius 2 is 2.33 bits per heavy atom. The van der Waals surface area contributed by atoms with Gasteiger partial charge in [0.05, 0.1) is 13.0 Å². The number of amides is 1. The molecule has 1 amide bonds. The minimum Gasteiger partial charge on any atom is -0.286 e. The largest absolute Gasteiger partial charge is 0.695 e. The zero-order valence-electron chi connectivity index (χ0n) is 6.21. The molecule has 0 radical (unpaired) electrons. The van der Waals surface area contributed by atoms with Crippen molar-refractivity contribution >= 4 is 14.2 Å². The molecule has 0 aromatic carbocycles. The zero-order chi connectivity index (χ0) is 9.14. The smallest absolute Gasteiger partial charge is 0.286 e. The van der Waals surface area contributed by atoms with Crippen LogP contribution < -0.4 is 0 Å². The number of hydrogen-bond acceptors (Lipinski definition) is 4. The van der Waals surface area contributed by atoms with Gasteiger partial charge in [-0.1, -0.05) is 0 Å². The van der Waals surface area contributed by atoms with E-state index in [9.17, 15) is 9.36 Å². The Morgan fingerprint density at radius 1 is 1.67 bits per heavy atom. The first-order chi connectivity index (χ1) is 5.59. The highest BCUT2D eigenvalue weighted by Gasteiger charge is 2.31. The predicted octanol–water partition coefficient (Wildman–Crippen LogP) is 0.0329. The van der Waals surface area contributed by atoms with Crippen molar-refractivity contribution in [2.75, 3.05) is 6.54 Å². The summed E-state index contributed by atoms with van der Waals surface area (Å²) in [4.78, 5) is 19.2. The van der Waals surface area contributed by atoms with E-state index >= 15 is 0 Å². The molecule has 2 atom stereocenters. The molecule has 1 aliphatic rings. The monoisotopic (exact) mass is 194 g/mol. The lowest BCUT2D eigenvalue weighted by Crippen LogP contribution is -2.38. The van der Waals surface area contributed by atoms with Crippen molar-refractivity contribution in [2.45, 2.75) is 18.9 Å². The van der Waals surface area contributed by atoms with E-state index < -0.39 is 20.3 Å². The van der Waals surface area contributed by atoms with E-state index in [1.807, 2.05) is 0 Å². The Bertz CT molecular complexity index is 208. The number of piperidine rings is 1. The van der Waals surface area contributed by atoms with Gasteiger partial charge in [-0.3, -0.25) is 10.0 Å². The molecule has 1 fully saturated rings. The van der Waals surface area contributed by atoms with E-state index in [1.54, 1.807) is 0 Å². The van der Waals surface area contributed by atoms with E-state index in [0.29, 0.717) is 11.5 Å². The zero-order valence-corrected chi connectivity index (χ0v) is 7.11. The van der Waals surface area contributed by atoms with Gasteiger partial charge in [0.2, 0.25) is 5.91 Å². The van der Waals surface area contributed by atoms with Gasteiger partial charge in [-0.2, -0.15) is 0 Å². The van der Waals surface area contributed by atoms with Crippen molar-refractivity contribution in [1.29, 1.82) is 0 Å². The Balaban J connectivity index is 2.40. The van der Waals surface area contributed by atoms with E-state index in [0.717, 1.165) is 0 Å². The van der Waals surface area contributed by atoms with Crippen LogP contribution in [0.5, 0.6) is 0 Å².